The van der Waals surface area contributed by atoms with Crippen molar-refractivity contribution < 1.29 is 27.6 Å². The van der Waals surface area contributed by atoms with E-state index < -0.39 is 22.4 Å². The lowest BCUT2D eigenvalue weighted by Gasteiger charge is -2.14. The number of rotatable bonds is 8. The summed E-state index contributed by atoms with van der Waals surface area (Å²) in [6, 6.07) is 10.6. The molecule has 0 atom stereocenters. The van der Waals surface area contributed by atoms with Crippen LogP contribution in [0.5, 0.6) is 11.5 Å². The lowest BCUT2D eigenvalue weighted by atomic mass is 10.1. The zero-order chi connectivity index (χ0) is 25.8. The fraction of sp³-hybridized carbons (Fsp3) is 0.136. The van der Waals surface area contributed by atoms with Gasteiger partial charge in [0.05, 0.1) is 37.4 Å². The minimum Gasteiger partial charge on any atom is -0.493 e. The molecule has 0 spiro atoms. The minimum atomic E-state index is -4.70. The molecular weight excluding hydrogens is 625 g/mol. The van der Waals surface area contributed by atoms with E-state index in [4.69, 9.17) is 32.7 Å². The molecule has 0 aliphatic rings. The summed E-state index contributed by atoms with van der Waals surface area (Å²) in [7, 11) is 1.46. The number of hydrogen-bond acceptors (Lipinski definition) is 6. The van der Waals surface area contributed by atoms with Gasteiger partial charge in [0.15, 0.2) is 11.5 Å². The summed E-state index contributed by atoms with van der Waals surface area (Å²) < 4.78 is 50.5. The van der Waals surface area contributed by atoms with Crippen molar-refractivity contribution in [2.45, 2.75) is 12.8 Å². The van der Waals surface area contributed by atoms with Gasteiger partial charge in [0, 0.05) is 6.07 Å². The van der Waals surface area contributed by atoms with Gasteiger partial charge < -0.3 is 9.47 Å². The van der Waals surface area contributed by atoms with Crippen LogP contribution in [0.2, 0.25) is 10.0 Å². The van der Waals surface area contributed by atoms with Crippen molar-refractivity contribution >= 4 is 63.4 Å². The highest BCUT2D eigenvalue weighted by Gasteiger charge is 2.33. The number of anilines is 1. The normalized spacial score (nSPS) is 11.5. The number of alkyl halides is 3. The van der Waals surface area contributed by atoms with Gasteiger partial charge in [-0.15, -0.1) is 0 Å². The number of hydrazone groups is 1. The number of nitrogens with one attached hydrogen (secondary N) is 1. The van der Waals surface area contributed by atoms with Crippen molar-refractivity contribution in [1.29, 1.82) is 0 Å². The molecule has 0 aromatic heterocycles. The summed E-state index contributed by atoms with van der Waals surface area (Å²) in [6.07, 6.45) is -3.36. The molecule has 7 nitrogen and oxygen atoms in total. The average Bonchev–Trinajstić information content (AvgIpc) is 2.79. The van der Waals surface area contributed by atoms with Crippen LogP contribution in [0.1, 0.15) is 16.7 Å². The van der Waals surface area contributed by atoms with Gasteiger partial charge in [-0.1, -0.05) is 29.3 Å². The van der Waals surface area contributed by atoms with Crippen LogP contribution < -0.4 is 14.9 Å². The fourth-order valence-electron chi connectivity index (χ4n) is 2.87. The lowest BCUT2D eigenvalue weighted by Crippen LogP contribution is -2.06. The van der Waals surface area contributed by atoms with E-state index in [-0.39, 0.29) is 12.3 Å². The van der Waals surface area contributed by atoms with Crippen molar-refractivity contribution in [2.24, 2.45) is 5.10 Å². The predicted octanol–water partition coefficient (Wildman–Crippen LogP) is 7.56. The van der Waals surface area contributed by atoms with Crippen molar-refractivity contribution in [3.63, 3.8) is 0 Å². The van der Waals surface area contributed by atoms with E-state index in [1.54, 1.807) is 30.3 Å². The first-order valence-electron chi connectivity index (χ1n) is 9.58. The molecular formula is C22H15Cl2F3IN3O4. The van der Waals surface area contributed by atoms with Crippen LogP contribution in [0.4, 0.5) is 24.5 Å². The molecule has 184 valence electrons. The van der Waals surface area contributed by atoms with Crippen LogP contribution in [0, 0.1) is 13.7 Å². The number of ether oxygens (including phenoxy) is 2. The van der Waals surface area contributed by atoms with E-state index in [0.29, 0.717) is 36.7 Å². The van der Waals surface area contributed by atoms with Crippen molar-refractivity contribution in [3.05, 3.63) is 89.0 Å². The first-order chi connectivity index (χ1) is 16.5. The van der Waals surface area contributed by atoms with Gasteiger partial charge in [0.1, 0.15) is 12.3 Å². The predicted molar refractivity (Wildman–Crippen MR) is 136 cm³/mol. The maximum absolute atomic E-state index is 12.9. The Bertz CT molecular complexity index is 1290. The van der Waals surface area contributed by atoms with Crippen molar-refractivity contribution in [3.8, 4) is 11.5 Å². The third kappa shape index (κ3) is 6.89. The number of halogens is 6. The molecule has 0 radical (unpaired) electrons. The van der Waals surface area contributed by atoms with Crippen LogP contribution in [-0.4, -0.2) is 18.2 Å². The van der Waals surface area contributed by atoms with Crippen LogP contribution in [-0.2, 0) is 12.8 Å². The molecule has 0 fully saturated rings. The molecule has 3 aromatic carbocycles. The number of benzene rings is 3. The SMILES string of the molecule is COc1cc(/C=N\Nc2ccc(C(F)(F)F)cc2[N+](=O)[O-])cc(I)c1OCc1ccc(Cl)c(Cl)c1. The van der Waals surface area contributed by atoms with E-state index >= 15 is 0 Å². The highest BCUT2D eigenvalue weighted by Crippen LogP contribution is 2.36. The van der Waals surface area contributed by atoms with Crippen LogP contribution in [0.15, 0.2) is 53.6 Å². The zero-order valence-corrected chi connectivity index (χ0v) is 21.4. The van der Waals surface area contributed by atoms with Crippen LogP contribution in [0.25, 0.3) is 0 Å². The summed E-state index contributed by atoms with van der Waals surface area (Å²) in [4.78, 5) is 10.3. The van der Waals surface area contributed by atoms with Crippen LogP contribution >= 0.6 is 45.8 Å². The molecule has 0 saturated heterocycles. The third-order valence-electron chi connectivity index (χ3n) is 4.54. The number of nitro benzene ring substituents is 1. The molecule has 35 heavy (non-hydrogen) atoms. The Balaban J connectivity index is 1.77. The Hall–Kier alpha value is -2.77. The summed E-state index contributed by atoms with van der Waals surface area (Å²) in [5.74, 6) is 0.876. The van der Waals surface area contributed by atoms with E-state index in [1.165, 1.54) is 13.3 Å². The molecule has 0 aliphatic carbocycles. The minimum absolute atomic E-state index is 0.192. The topological polar surface area (TPSA) is 86.0 Å². The monoisotopic (exact) mass is 639 g/mol. The Kier molecular flexibility index (Phi) is 8.67. The first kappa shape index (κ1) is 26.8. The molecule has 0 heterocycles. The smallest absolute Gasteiger partial charge is 0.416 e. The molecule has 3 rings (SSSR count). The second-order valence-electron chi connectivity index (χ2n) is 6.93. The van der Waals surface area contributed by atoms with Gasteiger partial charge >= 0.3 is 6.18 Å². The summed E-state index contributed by atoms with van der Waals surface area (Å²) in [6.45, 7) is 0.204. The van der Waals surface area contributed by atoms with E-state index in [0.717, 1.165) is 17.7 Å². The van der Waals surface area contributed by atoms with Gasteiger partial charge in [-0.3, -0.25) is 15.5 Å². The molecule has 0 amide bonds. The number of nitrogens with zero attached hydrogens (tertiary/aromatic N) is 2. The summed E-state index contributed by atoms with van der Waals surface area (Å²) in [5, 5.41) is 16.0. The highest BCUT2D eigenvalue weighted by atomic mass is 127. The number of methoxy groups -OCH3 is 1. The largest absolute Gasteiger partial charge is 0.493 e. The second kappa shape index (κ2) is 11.3. The first-order valence-corrected chi connectivity index (χ1v) is 11.4. The Morgan fingerprint density at radius 2 is 1.89 bits per heavy atom. The van der Waals surface area contributed by atoms with E-state index in [2.05, 4.69) is 10.5 Å². The Labute approximate surface area is 221 Å². The highest BCUT2D eigenvalue weighted by molar-refractivity contribution is 14.1. The molecule has 0 saturated carbocycles. The molecule has 0 aliphatic heterocycles. The van der Waals surface area contributed by atoms with Gasteiger partial charge in [-0.05, 0) is 70.1 Å². The quantitative estimate of drug-likeness (QED) is 0.119. The summed E-state index contributed by atoms with van der Waals surface area (Å²) in [5.41, 5.74) is 1.68. The maximum Gasteiger partial charge on any atom is 0.416 e. The summed E-state index contributed by atoms with van der Waals surface area (Å²) >= 11 is 14.0. The lowest BCUT2D eigenvalue weighted by molar-refractivity contribution is -0.384. The van der Waals surface area contributed by atoms with Gasteiger partial charge in [-0.25, -0.2) is 0 Å². The standard InChI is InChI=1S/C22H15Cl2F3IN3O4/c1-34-20-8-13(7-17(28)21(20)35-11-12-2-4-15(23)16(24)6-12)10-29-30-18-5-3-14(22(25,26)27)9-19(18)31(32)33/h2-10,30H,11H2,1H3/b29-10-. The fourth-order valence-corrected chi connectivity index (χ4v) is 3.97. The molecule has 0 bridgehead atoms. The van der Waals surface area contributed by atoms with Crippen molar-refractivity contribution in [2.75, 3.05) is 12.5 Å². The Morgan fingerprint density at radius 1 is 1.14 bits per heavy atom. The second-order valence-corrected chi connectivity index (χ2v) is 8.90. The van der Waals surface area contributed by atoms with Crippen molar-refractivity contribution in [1.82, 2.24) is 0 Å². The van der Waals surface area contributed by atoms with Gasteiger partial charge in [0.2, 0.25) is 0 Å². The molecule has 13 heteroatoms. The third-order valence-corrected chi connectivity index (χ3v) is 6.08. The maximum atomic E-state index is 12.9. The molecule has 1 N–H and O–H groups in total. The number of nitro groups is 1. The average molecular weight is 640 g/mol. The zero-order valence-electron chi connectivity index (χ0n) is 17.7. The van der Waals surface area contributed by atoms with E-state index in [9.17, 15) is 23.3 Å². The van der Waals surface area contributed by atoms with Gasteiger partial charge in [-0.2, -0.15) is 18.3 Å². The van der Waals surface area contributed by atoms with Crippen LogP contribution in [0.3, 0.4) is 0 Å². The van der Waals surface area contributed by atoms with Gasteiger partial charge in [0.25, 0.3) is 5.69 Å². The Morgan fingerprint density at radius 3 is 2.51 bits per heavy atom. The molecule has 3 aromatic rings. The van der Waals surface area contributed by atoms with E-state index in [1.807, 2.05) is 22.6 Å². The molecule has 0 unspecified atom stereocenters. The number of hydrogen-bond donors (Lipinski definition) is 1.